The van der Waals surface area contributed by atoms with Crippen molar-refractivity contribution in [2.75, 3.05) is 18.0 Å². The van der Waals surface area contributed by atoms with Gasteiger partial charge in [-0.25, -0.2) is 4.79 Å². The first-order chi connectivity index (χ1) is 18.8. The minimum Gasteiger partial charge on any atom is -0.405 e. The molecule has 6 rings (SSSR count). The zero-order chi connectivity index (χ0) is 27.0. The van der Waals surface area contributed by atoms with Crippen molar-refractivity contribution in [2.45, 2.75) is 50.7 Å². The van der Waals surface area contributed by atoms with E-state index in [1.165, 1.54) is 18.2 Å². The molecule has 2 aliphatic rings. The third kappa shape index (κ3) is 5.67. The molecule has 0 atom stereocenters. The Labute approximate surface area is 219 Å². The van der Waals surface area contributed by atoms with Crippen LogP contribution in [0.3, 0.4) is 0 Å². The molecular weight excluding hydrogens is 519 g/mol. The fourth-order valence-electron chi connectivity index (χ4n) is 4.75. The molecule has 1 aromatic carbocycles. The van der Waals surface area contributed by atoms with Gasteiger partial charge in [-0.15, -0.1) is 13.2 Å². The van der Waals surface area contributed by atoms with E-state index in [1.807, 2.05) is 6.07 Å². The number of anilines is 1. The number of benzene rings is 1. The molecule has 13 heteroatoms. The highest BCUT2D eigenvalue weighted by Crippen LogP contribution is 2.45. The van der Waals surface area contributed by atoms with Crippen LogP contribution in [0.5, 0.6) is 5.75 Å². The van der Waals surface area contributed by atoms with Gasteiger partial charge >= 0.3 is 12.1 Å². The smallest absolute Gasteiger partial charge is 0.405 e. The van der Waals surface area contributed by atoms with Crippen molar-refractivity contribution in [1.29, 1.82) is 0 Å². The first kappa shape index (κ1) is 25.2. The first-order valence-corrected chi connectivity index (χ1v) is 12.6. The Morgan fingerprint density at radius 1 is 1.03 bits per heavy atom. The molecule has 2 fully saturated rings. The summed E-state index contributed by atoms with van der Waals surface area (Å²) in [6, 6.07) is 9.59. The van der Waals surface area contributed by atoms with Crippen LogP contribution in [0.1, 0.15) is 42.9 Å². The number of aromatic amines is 1. The summed E-state index contributed by atoms with van der Waals surface area (Å²) in [5.74, 6) is 0.172. The molecule has 3 aromatic heterocycles. The lowest BCUT2D eigenvalue weighted by Gasteiger charge is -2.33. The van der Waals surface area contributed by atoms with Gasteiger partial charge in [-0.1, -0.05) is 22.4 Å². The third-order valence-corrected chi connectivity index (χ3v) is 6.84. The number of halogens is 3. The molecule has 4 aromatic rings. The van der Waals surface area contributed by atoms with Crippen LogP contribution in [0, 0.1) is 0 Å². The van der Waals surface area contributed by atoms with Gasteiger partial charge in [-0.3, -0.25) is 14.5 Å². The molecule has 39 heavy (non-hydrogen) atoms. The molecular formula is C26H24F3N5O5. The number of hydrogen-bond donors (Lipinski definition) is 1. The van der Waals surface area contributed by atoms with Crippen LogP contribution in [-0.4, -0.2) is 45.8 Å². The van der Waals surface area contributed by atoms with E-state index in [0.717, 1.165) is 44.5 Å². The summed E-state index contributed by atoms with van der Waals surface area (Å²) in [5, 5.41) is 7.78. The molecule has 1 aliphatic carbocycles. The van der Waals surface area contributed by atoms with Gasteiger partial charge in [0.1, 0.15) is 22.9 Å². The Morgan fingerprint density at radius 3 is 2.49 bits per heavy atom. The lowest BCUT2D eigenvalue weighted by Crippen LogP contribution is -2.37. The number of nitrogens with one attached hydrogen (secondary N) is 1. The number of alkyl halides is 3. The number of aromatic nitrogens is 4. The zero-order valence-electron chi connectivity index (χ0n) is 20.6. The largest absolute Gasteiger partial charge is 0.573 e. The predicted molar refractivity (Wildman–Crippen MR) is 131 cm³/mol. The minimum atomic E-state index is -4.82. The van der Waals surface area contributed by atoms with E-state index >= 15 is 0 Å². The van der Waals surface area contributed by atoms with Crippen molar-refractivity contribution in [2.24, 2.45) is 0 Å². The molecule has 10 nitrogen and oxygen atoms in total. The highest BCUT2D eigenvalue weighted by Gasteiger charge is 2.36. The fourth-order valence-corrected chi connectivity index (χ4v) is 4.75. The molecule has 0 radical (unpaired) electrons. The monoisotopic (exact) mass is 543 g/mol. The Bertz CT molecular complexity index is 1480. The normalized spacial score (nSPS) is 16.5. The summed E-state index contributed by atoms with van der Waals surface area (Å²) in [6.07, 6.45) is 0.256. The highest BCUT2D eigenvalue weighted by molar-refractivity contribution is 5.70. The van der Waals surface area contributed by atoms with Crippen molar-refractivity contribution >= 4 is 5.69 Å². The predicted octanol–water partition coefficient (Wildman–Crippen LogP) is 5.04. The van der Waals surface area contributed by atoms with Gasteiger partial charge in [0.05, 0.1) is 24.6 Å². The maximum atomic E-state index is 13.0. The summed E-state index contributed by atoms with van der Waals surface area (Å²) in [7, 11) is 0. The zero-order valence-corrected chi connectivity index (χ0v) is 20.6. The molecule has 1 aliphatic heterocycles. The van der Waals surface area contributed by atoms with Crippen LogP contribution < -0.4 is 15.4 Å². The van der Waals surface area contributed by atoms with Gasteiger partial charge in [0.25, 0.3) is 0 Å². The average Bonchev–Trinajstić information content (AvgIpc) is 3.54. The third-order valence-electron chi connectivity index (χ3n) is 6.84. The SMILES string of the molecule is O=c1[nH]c(-c2ccc(N3CCC(OCc4c(-c5ccccc5OC(F)(F)F)noc4C4CC4)CC3)cn2)no1. The summed E-state index contributed by atoms with van der Waals surface area (Å²) in [6.45, 7) is 1.66. The quantitative estimate of drug-likeness (QED) is 0.326. The van der Waals surface area contributed by atoms with Crippen LogP contribution in [0.4, 0.5) is 18.9 Å². The van der Waals surface area contributed by atoms with Crippen LogP contribution in [0.15, 0.2) is 56.4 Å². The maximum Gasteiger partial charge on any atom is 0.573 e. The average molecular weight is 544 g/mol. The maximum absolute atomic E-state index is 13.0. The molecule has 1 saturated carbocycles. The van der Waals surface area contributed by atoms with Crippen LogP contribution in [0.25, 0.3) is 22.8 Å². The molecule has 1 saturated heterocycles. The molecule has 1 N–H and O–H groups in total. The molecule has 0 amide bonds. The van der Waals surface area contributed by atoms with E-state index in [1.54, 1.807) is 18.3 Å². The van der Waals surface area contributed by atoms with E-state index < -0.39 is 12.1 Å². The second-order valence-corrected chi connectivity index (χ2v) is 9.53. The number of ether oxygens (including phenoxy) is 2. The van der Waals surface area contributed by atoms with Gasteiger partial charge in [0.15, 0.2) is 0 Å². The molecule has 0 bridgehead atoms. The van der Waals surface area contributed by atoms with Crippen molar-refractivity contribution in [3.63, 3.8) is 0 Å². The number of piperidine rings is 1. The van der Waals surface area contributed by atoms with Gasteiger partial charge in [0.2, 0.25) is 5.82 Å². The van der Waals surface area contributed by atoms with Crippen molar-refractivity contribution < 1.29 is 31.7 Å². The van der Waals surface area contributed by atoms with E-state index in [0.29, 0.717) is 22.7 Å². The number of hydrogen-bond acceptors (Lipinski definition) is 9. The summed E-state index contributed by atoms with van der Waals surface area (Å²) < 4.78 is 59.7. The van der Waals surface area contributed by atoms with Crippen molar-refractivity contribution in [3.8, 4) is 28.5 Å². The second kappa shape index (κ2) is 10.2. The van der Waals surface area contributed by atoms with Crippen LogP contribution in [0.2, 0.25) is 0 Å². The molecule has 204 valence electrons. The van der Waals surface area contributed by atoms with Gasteiger partial charge in [-0.05, 0) is 49.9 Å². The van der Waals surface area contributed by atoms with E-state index in [9.17, 15) is 18.0 Å². The number of nitrogens with zero attached hydrogens (tertiary/aromatic N) is 4. The van der Waals surface area contributed by atoms with E-state index in [4.69, 9.17) is 9.26 Å². The molecule has 0 spiro atoms. The van der Waals surface area contributed by atoms with Crippen molar-refractivity contribution in [1.82, 2.24) is 20.3 Å². The fraction of sp³-hybridized carbons (Fsp3) is 0.385. The highest BCUT2D eigenvalue weighted by atomic mass is 19.4. The Morgan fingerprint density at radius 2 is 1.82 bits per heavy atom. The molecule has 0 unspecified atom stereocenters. The molecule has 4 heterocycles. The van der Waals surface area contributed by atoms with Crippen LogP contribution >= 0.6 is 0 Å². The number of para-hydroxylation sites is 1. The summed E-state index contributed by atoms with van der Waals surface area (Å²) in [4.78, 5) is 20.2. The lowest BCUT2D eigenvalue weighted by molar-refractivity contribution is -0.274. The first-order valence-electron chi connectivity index (χ1n) is 12.6. The Kier molecular flexibility index (Phi) is 6.59. The number of H-pyrrole nitrogens is 1. The summed E-state index contributed by atoms with van der Waals surface area (Å²) in [5.41, 5.74) is 2.63. The second-order valence-electron chi connectivity index (χ2n) is 9.53. The van der Waals surface area contributed by atoms with E-state index in [2.05, 4.69) is 34.4 Å². The Balaban J connectivity index is 1.12. The van der Waals surface area contributed by atoms with Crippen molar-refractivity contribution in [3.05, 3.63) is 64.5 Å². The standard InChI is InChI=1S/C26H24F3N5O5/c27-26(28,29)37-21-4-2-1-3-18(21)22-19(23(38-32-22)15-5-6-15)14-36-17-9-11-34(12-10-17)16-7-8-20(30-13-16)24-31-25(35)39-33-24/h1-4,7-8,13,15,17H,5-6,9-12,14H2,(H,31,33,35). The van der Waals surface area contributed by atoms with Gasteiger partial charge in [0, 0.05) is 30.1 Å². The van der Waals surface area contributed by atoms with E-state index in [-0.39, 0.29) is 35.8 Å². The minimum absolute atomic E-state index is 0.0369. The van der Waals surface area contributed by atoms with Gasteiger partial charge in [-0.2, -0.15) is 0 Å². The van der Waals surface area contributed by atoms with Crippen LogP contribution in [-0.2, 0) is 11.3 Å². The number of pyridine rings is 1. The van der Waals surface area contributed by atoms with Gasteiger partial charge < -0.3 is 18.9 Å². The summed E-state index contributed by atoms with van der Waals surface area (Å²) >= 11 is 0. The number of rotatable bonds is 8. The topological polar surface area (TPSA) is 120 Å². The lowest BCUT2D eigenvalue weighted by atomic mass is 10.0. The Hall–Kier alpha value is -4.13.